The number of hydrogen-bond acceptors (Lipinski definition) is 5. The number of pyridine rings is 1. The van der Waals surface area contributed by atoms with Crippen LogP contribution < -0.4 is 10.1 Å². The molecule has 1 N–H and O–H groups in total. The Bertz CT molecular complexity index is 1170. The Balaban J connectivity index is 1.43. The summed E-state index contributed by atoms with van der Waals surface area (Å²) in [6.07, 6.45) is 2.76. The molecule has 0 bridgehead atoms. The molecule has 1 amide bonds. The van der Waals surface area contributed by atoms with Crippen molar-refractivity contribution in [3.8, 4) is 17.2 Å². The zero-order valence-corrected chi connectivity index (χ0v) is 17.9. The monoisotopic (exact) mass is 415 g/mol. The second-order valence-corrected chi connectivity index (χ2v) is 7.54. The van der Waals surface area contributed by atoms with Crippen molar-refractivity contribution in [3.05, 3.63) is 71.9 Å². The number of aromatic nitrogens is 2. The number of carbonyl (C=O) groups excluding carboxylic acids is 1. The fraction of sp³-hybridized carbons (Fsp3) is 0.240. The van der Waals surface area contributed by atoms with E-state index in [0.717, 1.165) is 17.5 Å². The van der Waals surface area contributed by atoms with Crippen LogP contribution in [0.15, 0.2) is 65.2 Å². The minimum absolute atomic E-state index is 0.0703. The molecule has 2 aromatic carbocycles. The van der Waals surface area contributed by atoms with E-state index in [4.69, 9.17) is 9.15 Å². The Morgan fingerprint density at radius 2 is 1.94 bits per heavy atom. The first-order chi connectivity index (χ1) is 15.0. The number of ether oxygens (including phenoxy) is 1. The zero-order valence-electron chi connectivity index (χ0n) is 17.9. The van der Waals surface area contributed by atoms with Crippen LogP contribution in [-0.4, -0.2) is 22.5 Å². The lowest BCUT2D eigenvalue weighted by molar-refractivity contribution is -0.118. The summed E-state index contributed by atoms with van der Waals surface area (Å²) in [6.45, 7) is 6.20. The normalized spacial score (nSPS) is 12.0. The number of amides is 1. The van der Waals surface area contributed by atoms with Gasteiger partial charge in [0.2, 0.25) is 5.89 Å². The molecule has 4 rings (SSSR count). The van der Waals surface area contributed by atoms with Gasteiger partial charge in [-0.2, -0.15) is 4.98 Å². The van der Waals surface area contributed by atoms with Crippen molar-refractivity contribution in [2.24, 2.45) is 0 Å². The van der Waals surface area contributed by atoms with E-state index in [0.29, 0.717) is 34.5 Å². The maximum atomic E-state index is 12.5. The quantitative estimate of drug-likeness (QED) is 0.417. The molecule has 6 heteroatoms. The first-order valence-corrected chi connectivity index (χ1v) is 10.4. The average molecular weight is 415 g/mol. The third-order valence-corrected chi connectivity index (χ3v) is 5.43. The minimum Gasteiger partial charge on any atom is -0.484 e. The van der Waals surface area contributed by atoms with Crippen LogP contribution in [0.4, 0.5) is 5.69 Å². The summed E-state index contributed by atoms with van der Waals surface area (Å²) in [4.78, 5) is 21.1. The predicted molar refractivity (Wildman–Crippen MR) is 121 cm³/mol. The van der Waals surface area contributed by atoms with E-state index in [1.165, 1.54) is 5.56 Å². The van der Waals surface area contributed by atoms with Gasteiger partial charge in [0.15, 0.2) is 17.8 Å². The lowest BCUT2D eigenvalue weighted by Crippen LogP contribution is -2.20. The minimum atomic E-state index is -0.231. The van der Waals surface area contributed by atoms with Crippen molar-refractivity contribution in [1.29, 1.82) is 0 Å². The number of anilines is 1. The van der Waals surface area contributed by atoms with Crippen LogP contribution in [0.2, 0.25) is 0 Å². The number of rotatable bonds is 7. The number of fused-ring (bicyclic) bond motifs is 1. The number of nitrogens with zero attached hydrogens (tertiary/aromatic N) is 2. The van der Waals surface area contributed by atoms with E-state index < -0.39 is 0 Å². The van der Waals surface area contributed by atoms with Gasteiger partial charge < -0.3 is 14.5 Å². The maximum Gasteiger partial charge on any atom is 0.262 e. The second-order valence-electron chi connectivity index (χ2n) is 7.54. The fourth-order valence-electron chi connectivity index (χ4n) is 3.35. The highest BCUT2D eigenvalue weighted by Crippen LogP contribution is 2.30. The van der Waals surface area contributed by atoms with Gasteiger partial charge in [0.25, 0.3) is 5.91 Å². The SMILES string of the molecule is CCC(C)c1ccc(OCC(=O)Nc2cccc(-c3nc4ncccc4o3)c2C)cc1. The number of oxazole rings is 1. The van der Waals surface area contributed by atoms with Crippen LogP contribution in [0.3, 0.4) is 0 Å². The van der Waals surface area contributed by atoms with Gasteiger partial charge in [0, 0.05) is 17.4 Å². The molecule has 0 saturated heterocycles. The highest BCUT2D eigenvalue weighted by Gasteiger charge is 2.14. The fourth-order valence-corrected chi connectivity index (χ4v) is 3.35. The van der Waals surface area contributed by atoms with Crippen LogP contribution in [0, 0.1) is 6.92 Å². The topological polar surface area (TPSA) is 77.2 Å². The van der Waals surface area contributed by atoms with Crippen molar-refractivity contribution in [2.45, 2.75) is 33.1 Å². The van der Waals surface area contributed by atoms with Gasteiger partial charge in [-0.05, 0) is 66.8 Å². The highest BCUT2D eigenvalue weighted by molar-refractivity contribution is 5.93. The van der Waals surface area contributed by atoms with Crippen molar-refractivity contribution in [1.82, 2.24) is 9.97 Å². The second kappa shape index (κ2) is 9.00. The molecular weight excluding hydrogens is 390 g/mol. The van der Waals surface area contributed by atoms with Gasteiger partial charge in [0.1, 0.15) is 5.75 Å². The summed E-state index contributed by atoms with van der Waals surface area (Å²) in [5, 5.41) is 2.91. The van der Waals surface area contributed by atoms with Gasteiger partial charge in [-0.15, -0.1) is 0 Å². The van der Waals surface area contributed by atoms with E-state index in [9.17, 15) is 4.79 Å². The zero-order chi connectivity index (χ0) is 21.8. The molecule has 0 saturated carbocycles. The lowest BCUT2D eigenvalue weighted by Gasteiger charge is -2.12. The molecule has 6 nitrogen and oxygen atoms in total. The largest absolute Gasteiger partial charge is 0.484 e. The standard InChI is InChI=1S/C25H25N3O3/c1-4-16(2)18-10-12-19(13-11-18)30-15-23(29)27-21-8-5-7-20(17(21)3)25-28-24-22(31-25)9-6-14-26-24/h5-14,16H,4,15H2,1-3H3,(H,27,29). The Morgan fingerprint density at radius 3 is 2.68 bits per heavy atom. The van der Waals surface area contributed by atoms with Gasteiger partial charge >= 0.3 is 0 Å². The van der Waals surface area contributed by atoms with Crippen molar-refractivity contribution < 1.29 is 13.9 Å². The third kappa shape index (κ3) is 4.58. The molecule has 1 unspecified atom stereocenters. The number of hydrogen-bond donors (Lipinski definition) is 1. The first kappa shape index (κ1) is 20.6. The van der Waals surface area contributed by atoms with E-state index in [2.05, 4.69) is 29.1 Å². The number of nitrogens with one attached hydrogen (secondary N) is 1. The molecule has 0 radical (unpaired) electrons. The van der Waals surface area contributed by atoms with E-state index in [1.54, 1.807) is 12.3 Å². The van der Waals surface area contributed by atoms with Crippen molar-refractivity contribution in [3.63, 3.8) is 0 Å². The summed E-state index contributed by atoms with van der Waals surface area (Å²) in [6, 6.07) is 17.1. The molecule has 2 heterocycles. The smallest absolute Gasteiger partial charge is 0.262 e. The lowest BCUT2D eigenvalue weighted by atomic mass is 9.99. The van der Waals surface area contributed by atoms with E-state index in [-0.39, 0.29) is 12.5 Å². The van der Waals surface area contributed by atoms with E-state index in [1.807, 2.05) is 55.5 Å². The Labute approximate surface area is 181 Å². The molecule has 0 spiro atoms. The maximum absolute atomic E-state index is 12.5. The molecule has 0 fully saturated rings. The molecular formula is C25H25N3O3. The third-order valence-electron chi connectivity index (χ3n) is 5.43. The summed E-state index contributed by atoms with van der Waals surface area (Å²) >= 11 is 0. The summed E-state index contributed by atoms with van der Waals surface area (Å²) in [7, 11) is 0. The Kier molecular flexibility index (Phi) is 5.98. The molecule has 2 aromatic heterocycles. The predicted octanol–water partition coefficient (Wildman–Crippen LogP) is 5.73. The van der Waals surface area contributed by atoms with Gasteiger partial charge in [-0.3, -0.25) is 4.79 Å². The van der Waals surface area contributed by atoms with Crippen LogP contribution in [0.25, 0.3) is 22.7 Å². The number of benzene rings is 2. The average Bonchev–Trinajstić information content (AvgIpc) is 3.23. The van der Waals surface area contributed by atoms with Crippen LogP contribution in [0.1, 0.15) is 37.3 Å². The summed E-state index contributed by atoms with van der Waals surface area (Å²) in [5.74, 6) is 1.42. The molecule has 158 valence electrons. The van der Waals surface area contributed by atoms with Crippen LogP contribution in [0.5, 0.6) is 5.75 Å². The first-order valence-electron chi connectivity index (χ1n) is 10.4. The highest BCUT2D eigenvalue weighted by atomic mass is 16.5. The molecule has 1 atom stereocenters. The van der Waals surface area contributed by atoms with Crippen LogP contribution >= 0.6 is 0 Å². The molecule has 31 heavy (non-hydrogen) atoms. The van der Waals surface area contributed by atoms with Gasteiger partial charge in [-0.1, -0.05) is 32.0 Å². The van der Waals surface area contributed by atoms with Gasteiger partial charge in [-0.25, -0.2) is 4.98 Å². The van der Waals surface area contributed by atoms with Crippen LogP contribution in [-0.2, 0) is 4.79 Å². The summed E-state index contributed by atoms with van der Waals surface area (Å²) in [5.41, 5.74) is 4.80. The van der Waals surface area contributed by atoms with Crippen molar-refractivity contribution >= 4 is 22.8 Å². The van der Waals surface area contributed by atoms with E-state index >= 15 is 0 Å². The molecule has 0 aliphatic heterocycles. The Morgan fingerprint density at radius 1 is 1.13 bits per heavy atom. The van der Waals surface area contributed by atoms with Gasteiger partial charge in [0.05, 0.1) is 0 Å². The van der Waals surface area contributed by atoms with Crippen molar-refractivity contribution in [2.75, 3.05) is 11.9 Å². The number of carbonyl (C=O) groups is 1. The molecule has 4 aromatic rings. The molecule has 0 aliphatic carbocycles. The summed E-state index contributed by atoms with van der Waals surface area (Å²) < 4.78 is 11.5. The molecule has 0 aliphatic rings. The Hall–Kier alpha value is -3.67.